The number of hydrogen-bond donors (Lipinski definition) is 2. The van der Waals surface area contributed by atoms with Gasteiger partial charge in [0.15, 0.2) is 6.61 Å². The molecule has 2 aromatic rings. The van der Waals surface area contributed by atoms with Crippen LogP contribution in [-0.2, 0) is 15.8 Å². The summed E-state index contributed by atoms with van der Waals surface area (Å²) in [6, 6.07) is 9.48. The minimum absolute atomic E-state index is 0.123. The van der Waals surface area contributed by atoms with Crippen molar-refractivity contribution in [3.63, 3.8) is 0 Å². The van der Waals surface area contributed by atoms with E-state index in [0.29, 0.717) is 5.69 Å². The molecule has 0 aliphatic rings. The molecule has 0 aromatic heterocycles. The zero-order valence-corrected chi connectivity index (χ0v) is 14.8. The van der Waals surface area contributed by atoms with Crippen LogP contribution in [0.25, 0.3) is 0 Å². The number of nitrogens with one attached hydrogen (secondary N) is 2. The van der Waals surface area contributed by atoms with Crippen molar-refractivity contribution in [1.29, 1.82) is 0 Å². The highest BCUT2D eigenvalue weighted by Gasteiger charge is 2.30. The van der Waals surface area contributed by atoms with Gasteiger partial charge in [-0.15, -0.1) is 0 Å². The fraction of sp³-hybridized carbons (Fsp3) is 0.263. The Balaban J connectivity index is 1.77. The number of halogens is 3. The van der Waals surface area contributed by atoms with Gasteiger partial charge in [0.25, 0.3) is 5.91 Å². The molecule has 5 nitrogen and oxygen atoms in total. The van der Waals surface area contributed by atoms with Crippen LogP contribution in [0.15, 0.2) is 42.5 Å². The molecule has 8 heteroatoms. The summed E-state index contributed by atoms with van der Waals surface area (Å²) in [6.45, 7) is 3.14. The number of ether oxygens (including phenoxy) is 1. The molecule has 2 rings (SSSR count). The third-order valence-corrected chi connectivity index (χ3v) is 3.88. The van der Waals surface area contributed by atoms with Gasteiger partial charge in [0.05, 0.1) is 12.1 Å². The fourth-order valence-corrected chi connectivity index (χ4v) is 2.20. The normalized spacial score (nSPS) is 11.0. The van der Waals surface area contributed by atoms with Gasteiger partial charge < -0.3 is 15.4 Å². The number of amides is 2. The molecule has 0 atom stereocenters. The molecule has 144 valence electrons. The maximum atomic E-state index is 12.5. The molecule has 0 aliphatic carbocycles. The minimum atomic E-state index is -4.43. The maximum Gasteiger partial charge on any atom is 0.416 e. The van der Waals surface area contributed by atoms with E-state index in [1.807, 2.05) is 26.0 Å². The van der Waals surface area contributed by atoms with Gasteiger partial charge in [-0.25, -0.2) is 0 Å². The van der Waals surface area contributed by atoms with Crippen LogP contribution in [0.2, 0.25) is 0 Å². The van der Waals surface area contributed by atoms with Crippen molar-refractivity contribution in [2.45, 2.75) is 20.0 Å². The second kappa shape index (κ2) is 8.57. The summed E-state index contributed by atoms with van der Waals surface area (Å²) in [7, 11) is 0. The lowest BCUT2D eigenvalue weighted by Crippen LogP contribution is -2.35. The third kappa shape index (κ3) is 6.02. The van der Waals surface area contributed by atoms with Gasteiger partial charge in [0.1, 0.15) is 5.75 Å². The molecule has 0 unspecified atom stereocenters. The van der Waals surface area contributed by atoms with Crippen molar-refractivity contribution >= 4 is 17.5 Å². The van der Waals surface area contributed by atoms with Gasteiger partial charge in [0.2, 0.25) is 5.91 Å². The Kier molecular flexibility index (Phi) is 6.44. The maximum absolute atomic E-state index is 12.5. The number of alkyl halides is 3. The Morgan fingerprint density at radius 1 is 1.00 bits per heavy atom. The summed E-state index contributed by atoms with van der Waals surface area (Å²) in [6.07, 6.45) is -4.43. The smallest absolute Gasteiger partial charge is 0.416 e. The van der Waals surface area contributed by atoms with Crippen LogP contribution in [0.4, 0.5) is 18.9 Å². The summed E-state index contributed by atoms with van der Waals surface area (Å²) in [5.41, 5.74) is 1.82. The molecule has 0 bridgehead atoms. The molecule has 2 amide bonds. The van der Waals surface area contributed by atoms with Crippen LogP contribution in [-0.4, -0.2) is 25.0 Å². The Hall–Kier alpha value is -3.03. The number of benzene rings is 2. The fourth-order valence-electron chi connectivity index (χ4n) is 2.20. The summed E-state index contributed by atoms with van der Waals surface area (Å²) in [5.74, 6) is -0.837. The average molecular weight is 380 g/mol. The Morgan fingerprint density at radius 2 is 1.67 bits per heavy atom. The molecule has 0 spiro atoms. The Labute approximate surface area is 154 Å². The zero-order valence-electron chi connectivity index (χ0n) is 14.8. The number of carbonyl (C=O) groups excluding carboxylic acids is 2. The van der Waals surface area contributed by atoms with Crippen LogP contribution in [0.5, 0.6) is 5.75 Å². The standard InChI is InChI=1S/C19H19F3N2O3/c1-12-4-3-5-16(13(12)2)24-17(25)10-23-18(26)11-27-15-8-6-14(7-9-15)19(20,21)22/h3-9H,10-11H2,1-2H3,(H,23,26)(H,24,25). The van der Waals surface area contributed by atoms with Crippen LogP contribution < -0.4 is 15.4 Å². The summed E-state index contributed by atoms with van der Waals surface area (Å²) >= 11 is 0. The van der Waals surface area contributed by atoms with Gasteiger partial charge in [-0.2, -0.15) is 13.2 Å². The van der Waals surface area contributed by atoms with Gasteiger partial charge >= 0.3 is 6.18 Å². The highest BCUT2D eigenvalue weighted by Crippen LogP contribution is 2.30. The number of carbonyl (C=O) groups is 2. The number of hydrogen-bond acceptors (Lipinski definition) is 3. The van der Waals surface area contributed by atoms with E-state index in [4.69, 9.17) is 4.74 Å². The molecule has 0 aliphatic heterocycles. The second-order valence-corrected chi connectivity index (χ2v) is 5.88. The van der Waals surface area contributed by atoms with Crippen molar-refractivity contribution in [3.05, 3.63) is 59.2 Å². The van der Waals surface area contributed by atoms with Crippen molar-refractivity contribution in [2.75, 3.05) is 18.5 Å². The number of anilines is 1. The van der Waals surface area contributed by atoms with E-state index in [2.05, 4.69) is 10.6 Å². The zero-order chi connectivity index (χ0) is 20.0. The van der Waals surface area contributed by atoms with E-state index in [9.17, 15) is 22.8 Å². The molecule has 0 heterocycles. The van der Waals surface area contributed by atoms with E-state index in [1.54, 1.807) is 6.07 Å². The monoisotopic (exact) mass is 380 g/mol. The molecular formula is C19H19F3N2O3. The van der Waals surface area contributed by atoms with Crippen LogP contribution in [0, 0.1) is 13.8 Å². The summed E-state index contributed by atoms with van der Waals surface area (Å²) in [5, 5.41) is 5.09. The first-order chi connectivity index (χ1) is 12.7. The highest BCUT2D eigenvalue weighted by molar-refractivity contribution is 5.95. The Morgan fingerprint density at radius 3 is 2.30 bits per heavy atom. The van der Waals surface area contributed by atoms with E-state index >= 15 is 0 Å². The predicted molar refractivity (Wildman–Crippen MR) is 94.5 cm³/mol. The molecule has 0 radical (unpaired) electrons. The second-order valence-electron chi connectivity index (χ2n) is 5.88. The largest absolute Gasteiger partial charge is 0.484 e. The van der Waals surface area contributed by atoms with Gasteiger partial charge in [0, 0.05) is 5.69 Å². The van der Waals surface area contributed by atoms with E-state index in [1.165, 1.54) is 0 Å². The molecule has 0 saturated heterocycles. The molecular weight excluding hydrogens is 361 g/mol. The first-order valence-corrected chi connectivity index (χ1v) is 8.09. The predicted octanol–water partition coefficient (Wildman–Crippen LogP) is 3.46. The molecule has 2 N–H and O–H groups in total. The first-order valence-electron chi connectivity index (χ1n) is 8.09. The molecule has 27 heavy (non-hydrogen) atoms. The quantitative estimate of drug-likeness (QED) is 0.807. The summed E-state index contributed by atoms with van der Waals surface area (Å²) < 4.78 is 42.5. The lowest BCUT2D eigenvalue weighted by molar-refractivity contribution is -0.137. The van der Waals surface area contributed by atoms with Crippen LogP contribution in [0.1, 0.15) is 16.7 Å². The van der Waals surface area contributed by atoms with Crippen LogP contribution >= 0.6 is 0 Å². The number of rotatable bonds is 6. The lowest BCUT2D eigenvalue weighted by atomic mass is 10.1. The molecule has 0 saturated carbocycles. The average Bonchev–Trinajstić information content (AvgIpc) is 2.61. The van der Waals surface area contributed by atoms with Crippen molar-refractivity contribution in [3.8, 4) is 5.75 Å². The van der Waals surface area contributed by atoms with E-state index < -0.39 is 30.2 Å². The summed E-state index contributed by atoms with van der Waals surface area (Å²) in [4.78, 5) is 23.6. The highest BCUT2D eigenvalue weighted by atomic mass is 19.4. The van der Waals surface area contributed by atoms with E-state index in [0.717, 1.165) is 35.4 Å². The van der Waals surface area contributed by atoms with Crippen molar-refractivity contribution in [1.82, 2.24) is 5.32 Å². The minimum Gasteiger partial charge on any atom is -0.484 e. The van der Waals surface area contributed by atoms with Crippen molar-refractivity contribution < 1.29 is 27.5 Å². The number of aryl methyl sites for hydroxylation is 1. The van der Waals surface area contributed by atoms with Gasteiger partial charge in [-0.3, -0.25) is 9.59 Å². The lowest BCUT2D eigenvalue weighted by Gasteiger charge is -2.11. The Bertz CT molecular complexity index is 818. The van der Waals surface area contributed by atoms with Crippen molar-refractivity contribution in [2.24, 2.45) is 0 Å². The van der Waals surface area contributed by atoms with Gasteiger partial charge in [-0.05, 0) is 55.3 Å². The topological polar surface area (TPSA) is 67.4 Å². The van der Waals surface area contributed by atoms with E-state index in [-0.39, 0.29) is 12.3 Å². The first kappa shape index (κ1) is 20.3. The van der Waals surface area contributed by atoms with Crippen LogP contribution in [0.3, 0.4) is 0 Å². The third-order valence-electron chi connectivity index (χ3n) is 3.88. The molecule has 2 aromatic carbocycles. The van der Waals surface area contributed by atoms with Gasteiger partial charge in [-0.1, -0.05) is 12.1 Å². The SMILES string of the molecule is Cc1cccc(NC(=O)CNC(=O)COc2ccc(C(F)(F)F)cc2)c1C. The molecule has 0 fully saturated rings.